The molecule has 86 valence electrons. The van der Waals surface area contributed by atoms with Gasteiger partial charge in [0, 0.05) is 11.1 Å². The van der Waals surface area contributed by atoms with Crippen LogP contribution < -0.4 is 5.73 Å². The molecule has 0 aliphatic carbocycles. The molecule has 3 N–H and O–H groups in total. The number of hydrogen-bond donors (Lipinski definition) is 2. The Morgan fingerprint density at radius 1 is 1.31 bits per heavy atom. The van der Waals surface area contributed by atoms with E-state index in [2.05, 4.69) is 0 Å². The molecule has 0 unspecified atom stereocenters. The Balaban J connectivity index is 2.76. The Morgan fingerprint density at radius 2 is 1.94 bits per heavy atom. The molecule has 5 heteroatoms. The van der Waals surface area contributed by atoms with Gasteiger partial charge in [-0.2, -0.15) is 0 Å². The van der Waals surface area contributed by atoms with Gasteiger partial charge in [-0.3, -0.25) is 0 Å². The number of nitrogens with two attached hydrogens (primary N) is 1. The van der Waals surface area contributed by atoms with Gasteiger partial charge in [0.25, 0.3) is 0 Å². The fourth-order valence-electron chi connectivity index (χ4n) is 1.77. The minimum Gasteiger partial charge on any atom is -0.507 e. The van der Waals surface area contributed by atoms with Crippen molar-refractivity contribution in [2.45, 2.75) is 24.3 Å². The van der Waals surface area contributed by atoms with Gasteiger partial charge >= 0.3 is 0 Å². The van der Waals surface area contributed by atoms with Gasteiger partial charge in [-0.05, 0) is 32.1 Å². The van der Waals surface area contributed by atoms with Crippen LogP contribution in [0.1, 0.15) is 19.4 Å². The number of phenolic OH excluding ortho intramolecular Hbond substituents is 1. The Hall–Kier alpha value is -1.33. The second-order valence-corrected chi connectivity index (χ2v) is 6.31. The molecule has 1 aromatic rings. The summed E-state index contributed by atoms with van der Waals surface area (Å²) in [7, 11) is -3.55. The highest BCUT2D eigenvalue weighted by molar-refractivity contribution is 7.96. The summed E-state index contributed by atoms with van der Waals surface area (Å²) in [5, 5.41) is 9.60. The normalized spacial score (nSPS) is 18.1. The lowest BCUT2D eigenvalue weighted by Gasteiger charge is -2.19. The zero-order chi connectivity index (χ0) is 12.1. The predicted molar refractivity (Wildman–Crippen MR) is 61.5 cm³/mol. The molecule has 0 fully saturated rings. The maximum Gasteiger partial charge on any atom is 0.205 e. The van der Waals surface area contributed by atoms with Crippen LogP contribution in [0.15, 0.2) is 28.0 Å². The van der Waals surface area contributed by atoms with E-state index in [0.717, 1.165) is 0 Å². The largest absolute Gasteiger partial charge is 0.507 e. The maximum absolute atomic E-state index is 12.1. The number of fused-ring (bicyclic) bond motifs is 1. The molecular weight excluding hydrogens is 226 g/mol. The third kappa shape index (κ3) is 1.44. The Bertz CT molecular complexity index is 580. The molecule has 0 amide bonds. The molecule has 1 aromatic carbocycles. The van der Waals surface area contributed by atoms with Gasteiger partial charge < -0.3 is 10.8 Å². The molecule has 16 heavy (non-hydrogen) atoms. The maximum atomic E-state index is 12.1. The van der Waals surface area contributed by atoms with Crippen molar-refractivity contribution in [1.82, 2.24) is 0 Å². The highest BCUT2D eigenvalue weighted by atomic mass is 32.2. The third-order valence-corrected chi connectivity index (χ3v) is 4.69. The lowest BCUT2D eigenvalue weighted by Crippen LogP contribution is -2.36. The molecule has 0 radical (unpaired) electrons. The van der Waals surface area contributed by atoms with E-state index in [1.165, 1.54) is 24.3 Å². The highest BCUT2D eigenvalue weighted by Gasteiger charge is 2.37. The second-order valence-electron chi connectivity index (χ2n) is 4.42. The minimum atomic E-state index is -3.55. The molecule has 4 nitrogen and oxygen atoms in total. The summed E-state index contributed by atoms with van der Waals surface area (Å²) < 4.78 is 24.2. The van der Waals surface area contributed by atoms with E-state index < -0.39 is 15.4 Å². The van der Waals surface area contributed by atoms with E-state index in [-0.39, 0.29) is 15.6 Å². The Labute approximate surface area is 94.3 Å². The first-order valence-corrected chi connectivity index (χ1v) is 6.31. The van der Waals surface area contributed by atoms with Gasteiger partial charge in [0.1, 0.15) is 5.75 Å². The van der Waals surface area contributed by atoms with Crippen molar-refractivity contribution < 1.29 is 13.5 Å². The van der Waals surface area contributed by atoms with Crippen molar-refractivity contribution in [2.24, 2.45) is 5.73 Å². The highest BCUT2D eigenvalue weighted by Crippen LogP contribution is 2.40. The molecule has 2 rings (SSSR count). The van der Waals surface area contributed by atoms with Crippen molar-refractivity contribution in [1.29, 1.82) is 0 Å². The number of aromatic hydroxyl groups is 1. The minimum absolute atomic E-state index is 0.0414. The van der Waals surface area contributed by atoms with Crippen LogP contribution >= 0.6 is 0 Å². The molecule has 0 bridgehead atoms. The summed E-state index contributed by atoms with van der Waals surface area (Å²) in [6, 6.07) is 4.43. The quantitative estimate of drug-likeness (QED) is 0.773. The topological polar surface area (TPSA) is 80.4 Å². The monoisotopic (exact) mass is 239 g/mol. The van der Waals surface area contributed by atoms with Crippen LogP contribution in [-0.4, -0.2) is 19.1 Å². The number of hydrogen-bond acceptors (Lipinski definition) is 4. The van der Waals surface area contributed by atoms with Crippen molar-refractivity contribution in [3.8, 4) is 5.75 Å². The zero-order valence-electron chi connectivity index (χ0n) is 9.06. The summed E-state index contributed by atoms with van der Waals surface area (Å²) in [5.74, 6) is -0.0414. The summed E-state index contributed by atoms with van der Waals surface area (Å²) in [6.45, 7) is 3.25. The third-order valence-electron chi connectivity index (χ3n) is 2.53. The SMILES string of the molecule is CC(C)(N)C1=Cc2c(O)cccc2S1(=O)=O. The smallest absolute Gasteiger partial charge is 0.205 e. The number of phenols is 1. The fraction of sp³-hybridized carbons (Fsp3) is 0.273. The average molecular weight is 239 g/mol. The van der Waals surface area contributed by atoms with E-state index in [9.17, 15) is 13.5 Å². The Kier molecular flexibility index (Phi) is 2.15. The van der Waals surface area contributed by atoms with Crippen LogP contribution in [0, 0.1) is 0 Å². The van der Waals surface area contributed by atoms with Crippen molar-refractivity contribution >= 4 is 15.9 Å². The van der Waals surface area contributed by atoms with Gasteiger partial charge in [-0.15, -0.1) is 0 Å². The van der Waals surface area contributed by atoms with Gasteiger partial charge in [-0.25, -0.2) is 8.42 Å². The molecule has 1 aliphatic rings. The first-order chi connectivity index (χ1) is 7.24. The van der Waals surface area contributed by atoms with Crippen LogP contribution in [0.2, 0.25) is 0 Å². The van der Waals surface area contributed by atoms with Crippen LogP contribution in [0.5, 0.6) is 5.75 Å². The number of sulfone groups is 1. The summed E-state index contributed by atoms with van der Waals surface area (Å²) in [4.78, 5) is 0.262. The fourth-order valence-corrected chi connectivity index (χ4v) is 3.68. The first kappa shape index (κ1) is 11.2. The molecule has 0 saturated heterocycles. The number of rotatable bonds is 1. The molecule has 1 aliphatic heterocycles. The van der Waals surface area contributed by atoms with Crippen molar-refractivity contribution in [3.05, 3.63) is 28.7 Å². The van der Waals surface area contributed by atoms with E-state index >= 15 is 0 Å². The molecular formula is C11H13NO3S. The Morgan fingerprint density at radius 3 is 2.44 bits per heavy atom. The van der Waals surface area contributed by atoms with Crippen LogP contribution in [0.4, 0.5) is 0 Å². The van der Waals surface area contributed by atoms with Gasteiger partial charge in [0.2, 0.25) is 9.84 Å². The van der Waals surface area contributed by atoms with Crippen molar-refractivity contribution in [3.63, 3.8) is 0 Å². The van der Waals surface area contributed by atoms with Crippen LogP contribution in [0.3, 0.4) is 0 Å². The first-order valence-electron chi connectivity index (χ1n) is 4.83. The van der Waals surface area contributed by atoms with E-state index in [0.29, 0.717) is 5.56 Å². The zero-order valence-corrected chi connectivity index (χ0v) is 9.88. The lowest BCUT2D eigenvalue weighted by molar-refractivity contribution is 0.472. The second kappa shape index (κ2) is 3.09. The predicted octanol–water partition coefficient (Wildman–Crippen LogP) is 1.26. The van der Waals surface area contributed by atoms with E-state index in [1.807, 2.05) is 0 Å². The number of benzene rings is 1. The summed E-state index contributed by atoms with van der Waals surface area (Å²) >= 11 is 0. The van der Waals surface area contributed by atoms with Gasteiger partial charge in [-0.1, -0.05) is 6.07 Å². The molecule has 1 heterocycles. The average Bonchev–Trinajstić information content (AvgIpc) is 2.39. The van der Waals surface area contributed by atoms with E-state index in [1.54, 1.807) is 13.8 Å². The van der Waals surface area contributed by atoms with Gasteiger partial charge in [0.15, 0.2) is 0 Å². The molecule has 0 spiro atoms. The van der Waals surface area contributed by atoms with Crippen LogP contribution in [-0.2, 0) is 9.84 Å². The molecule has 0 aromatic heterocycles. The van der Waals surface area contributed by atoms with E-state index in [4.69, 9.17) is 5.73 Å². The molecule has 0 saturated carbocycles. The van der Waals surface area contributed by atoms with Crippen molar-refractivity contribution in [2.75, 3.05) is 0 Å². The molecule has 0 atom stereocenters. The van der Waals surface area contributed by atoms with Crippen LogP contribution in [0.25, 0.3) is 6.08 Å². The summed E-state index contributed by atoms with van der Waals surface area (Å²) in [5.41, 5.74) is 5.19. The summed E-state index contributed by atoms with van der Waals surface area (Å²) in [6.07, 6.45) is 1.44. The lowest BCUT2D eigenvalue weighted by atomic mass is 10.0. The standard InChI is InChI=1S/C11H13NO3S/c1-11(2,12)10-6-7-8(13)4-3-5-9(7)16(10,14)15/h3-6,13H,12H2,1-2H3. The van der Waals surface area contributed by atoms with Gasteiger partial charge in [0.05, 0.1) is 9.80 Å².